The van der Waals surface area contributed by atoms with E-state index in [2.05, 4.69) is 0 Å². The first-order chi connectivity index (χ1) is 8.97. The Bertz CT molecular complexity index is 612. The van der Waals surface area contributed by atoms with Gasteiger partial charge in [0.15, 0.2) is 0 Å². The van der Waals surface area contributed by atoms with E-state index >= 15 is 0 Å². The third kappa shape index (κ3) is 3.24. The predicted octanol–water partition coefficient (Wildman–Crippen LogP) is 4.07. The van der Waals surface area contributed by atoms with Crippen molar-refractivity contribution in [3.05, 3.63) is 46.9 Å². The number of anilines is 1. The number of benzene rings is 1. The van der Waals surface area contributed by atoms with Crippen LogP contribution in [0.4, 0.5) is 5.69 Å². The molecule has 1 atom stereocenters. The maximum atomic E-state index is 10.8. The summed E-state index contributed by atoms with van der Waals surface area (Å²) < 4.78 is 5.25. The topological polar surface area (TPSA) is 76.5 Å². The Morgan fingerprint density at radius 1 is 1.42 bits per heavy atom. The summed E-state index contributed by atoms with van der Waals surface area (Å²) in [5.41, 5.74) is 6.34. The van der Waals surface area contributed by atoms with E-state index < -0.39 is 5.97 Å². The Kier molecular flexibility index (Phi) is 4.07. The summed E-state index contributed by atoms with van der Waals surface area (Å²) in [6.07, 6.45) is 0. The van der Waals surface area contributed by atoms with Crippen molar-refractivity contribution in [2.24, 2.45) is 0 Å². The molecular weight excluding hydrogens is 286 g/mol. The molecule has 3 N–H and O–H groups in total. The van der Waals surface area contributed by atoms with Crippen LogP contribution in [0.3, 0.4) is 0 Å². The predicted molar refractivity (Wildman–Crippen MR) is 75.8 cm³/mol. The van der Waals surface area contributed by atoms with Gasteiger partial charge in [0, 0.05) is 10.6 Å². The second kappa shape index (κ2) is 5.59. The van der Waals surface area contributed by atoms with Crippen LogP contribution in [0.5, 0.6) is 0 Å². The van der Waals surface area contributed by atoms with Gasteiger partial charge in [-0.15, -0.1) is 11.8 Å². The molecule has 6 heteroatoms. The van der Waals surface area contributed by atoms with E-state index in [0.717, 1.165) is 4.90 Å². The zero-order valence-electron chi connectivity index (χ0n) is 10.1. The monoisotopic (exact) mass is 297 g/mol. The van der Waals surface area contributed by atoms with E-state index in [9.17, 15) is 4.79 Å². The summed E-state index contributed by atoms with van der Waals surface area (Å²) >= 11 is 7.55. The van der Waals surface area contributed by atoms with Gasteiger partial charge in [0.2, 0.25) is 5.76 Å². The van der Waals surface area contributed by atoms with Crippen molar-refractivity contribution in [2.45, 2.75) is 17.1 Å². The van der Waals surface area contributed by atoms with Gasteiger partial charge in [0.25, 0.3) is 0 Å². The number of carbonyl (C=O) groups is 1. The first-order valence-electron chi connectivity index (χ1n) is 5.52. The van der Waals surface area contributed by atoms with Crippen LogP contribution >= 0.6 is 23.4 Å². The van der Waals surface area contributed by atoms with Crippen LogP contribution < -0.4 is 5.73 Å². The molecule has 0 spiro atoms. The molecule has 0 radical (unpaired) electrons. The van der Waals surface area contributed by atoms with Crippen molar-refractivity contribution >= 4 is 35.0 Å². The average molecular weight is 298 g/mol. The van der Waals surface area contributed by atoms with E-state index in [1.165, 1.54) is 17.8 Å². The largest absolute Gasteiger partial charge is 0.475 e. The Balaban J connectivity index is 2.17. The molecule has 19 heavy (non-hydrogen) atoms. The summed E-state index contributed by atoms with van der Waals surface area (Å²) in [5.74, 6) is -0.563. The number of nitrogen functional groups attached to an aromatic ring is 1. The van der Waals surface area contributed by atoms with Crippen LogP contribution in [-0.4, -0.2) is 11.1 Å². The number of hydrogen-bond acceptors (Lipinski definition) is 4. The molecule has 0 aliphatic heterocycles. The standard InChI is InChI=1S/C13H12ClNO3S/c1-7(10-4-5-11(18-10)13(16)17)19-12-6-8(15)2-3-9(12)14/h2-7H,15H2,1H3,(H,16,17). The number of furan rings is 1. The summed E-state index contributed by atoms with van der Waals surface area (Å²) in [6.45, 7) is 1.91. The van der Waals surface area contributed by atoms with E-state index in [1.54, 1.807) is 24.3 Å². The molecule has 0 fully saturated rings. The third-order valence-electron chi connectivity index (χ3n) is 2.50. The normalized spacial score (nSPS) is 12.3. The van der Waals surface area contributed by atoms with E-state index in [0.29, 0.717) is 16.5 Å². The second-order valence-electron chi connectivity index (χ2n) is 3.96. The first-order valence-corrected chi connectivity index (χ1v) is 6.78. The number of carboxylic acid groups (broad SMARTS) is 1. The molecule has 0 aliphatic carbocycles. The number of aromatic carboxylic acids is 1. The summed E-state index contributed by atoms with van der Waals surface area (Å²) in [6, 6.07) is 8.34. The Morgan fingerprint density at radius 2 is 2.16 bits per heavy atom. The van der Waals surface area contributed by atoms with Crippen LogP contribution in [0.2, 0.25) is 5.02 Å². The molecule has 0 aliphatic rings. The minimum Gasteiger partial charge on any atom is -0.475 e. The van der Waals surface area contributed by atoms with Gasteiger partial charge in [-0.2, -0.15) is 0 Å². The molecule has 2 aromatic rings. The van der Waals surface area contributed by atoms with Crippen LogP contribution in [0.25, 0.3) is 0 Å². The lowest BCUT2D eigenvalue weighted by atomic mass is 10.3. The fourth-order valence-electron chi connectivity index (χ4n) is 1.55. The Hall–Kier alpha value is -1.59. The Labute approximate surface area is 119 Å². The lowest BCUT2D eigenvalue weighted by Gasteiger charge is -2.10. The number of nitrogens with two attached hydrogens (primary N) is 1. The maximum absolute atomic E-state index is 10.8. The highest BCUT2D eigenvalue weighted by Gasteiger charge is 2.16. The number of thioether (sulfide) groups is 1. The first kappa shape index (κ1) is 13.8. The molecule has 0 bridgehead atoms. The summed E-state index contributed by atoms with van der Waals surface area (Å²) in [4.78, 5) is 11.6. The van der Waals surface area contributed by atoms with Crippen LogP contribution in [0.15, 0.2) is 39.6 Å². The lowest BCUT2D eigenvalue weighted by molar-refractivity contribution is 0.0660. The average Bonchev–Trinajstić information content (AvgIpc) is 2.83. The molecular formula is C13H12ClNO3S. The fourth-order valence-corrected chi connectivity index (χ4v) is 2.80. The highest BCUT2D eigenvalue weighted by Crippen LogP contribution is 2.39. The molecule has 1 aromatic carbocycles. The second-order valence-corrected chi connectivity index (χ2v) is 5.75. The lowest BCUT2D eigenvalue weighted by Crippen LogP contribution is -1.92. The van der Waals surface area contributed by atoms with Crippen molar-refractivity contribution in [3.63, 3.8) is 0 Å². The molecule has 4 nitrogen and oxygen atoms in total. The Morgan fingerprint density at radius 3 is 2.79 bits per heavy atom. The smallest absolute Gasteiger partial charge is 0.371 e. The van der Waals surface area contributed by atoms with Crippen molar-refractivity contribution in [1.82, 2.24) is 0 Å². The van der Waals surface area contributed by atoms with Gasteiger partial charge in [-0.05, 0) is 37.3 Å². The molecule has 1 unspecified atom stereocenters. The zero-order chi connectivity index (χ0) is 14.0. The van der Waals surface area contributed by atoms with Crippen LogP contribution in [-0.2, 0) is 0 Å². The number of rotatable bonds is 4. The highest BCUT2D eigenvalue weighted by molar-refractivity contribution is 7.99. The van der Waals surface area contributed by atoms with E-state index in [4.69, 9.17) is 26.9 Å². The number of halogens is 1. The third-order valence-corrected chi connectivity index (χ3v) is 4.12. The van der Waals surface area contributed by atoms with Crippen LogP contribution in [0, 0.1) is 0 Å². The van der Waals surface area contributed by atoms with Crippen molar-refractivity contribution in [2.75, 3.05) is 5.73 Å². The van der Waals surface area contributed by atoms with Gasteiger partial charge < -0.3 is 15.3 Å². The van der Waals surface area contributed by atoms with Crippen molar-refractivity contribution in [3.8, 4) is 0 Å². The number of carboxylic acids is 1. The van der Waals surface area contributed by atoms with Gasteiger partial charge in [0.1, 0.15) is 5.76 Å². The molecule has 0 amide bonds. The van der Waals surface area contributed by atoms with Gasteiger partial charge >= 0.3 is 5.97 Å². The minimum absolute atomic E-state index is 0.0626. The SMILES string of the molecule is CC(Sc1cc(N)ccc1Cl)c1ccc(C(=O)O)o1. The molecule has 1 heterocycles. The maximum Gasteiger partial charge on any atom is 0.371 e. The molecule has 1 aromatic heterocycles. The zero-order valence-corrected chi connectivity index (χ0v) is 11.7. The minimum atomic E-state index is -1.08. The van der Waals surface area contributed by atoms with Gasteiger partial charge in [-0.1, -0.05) is 11.6 Å². The van der Waals surface area contributed by atoms with Crippen molar-refractivity contribution in [1.29, 1.82) is 0 Å². The summed E-state index contributed by atoms with van der Waals surface area (Å²) in [5, 5.41) is 9.36. The van der Waals surface area contributed by atoms with E-state index in [-0.39, 0.29) is 11.0 Å². The van der Waals surface area contributed by atoms with Gasteiger partial charge in [0.05, 0.1) is 10.3 Å². The quantitative estimate of drug-likeness (QED) is 0.657. The number of hydrogen-bond donors (Lipinski definition) is 2. The molecule has 2 rings (SSSR count). The molecule has 0 saturated heterocycles. The van der Waals surface area contributed by atoms with Gasteiger partial charge in [-0.3, -0.25) is 0 Å². The fraction of sp³-hybridized carbons (Fsp3) is 0.154. The molecule has 100 valence electrons. The van der Waals surface area contributed by atoms with E-state index in [1.807, 2.05) is 6.92 Å². The summed E-state index contributed by atoms with van der Waals surface area (Å²) in [7, 11) is 0. The van der Waals surface area contributed by atoms with Crippen LogP contribution in [0.1, 0.15) is 28.5 Å². The molecule has 0 saturated carbocycles. The highest BCUT2D eigenvalue weighted by atomic mass is 35.5. The van der Waals surface area contributed by atoms with Gasteiger partial charge in [-0.25, -0.2) is 4.79 Å². The van der Waals surface area contributed by atoms with Crippen molar-refractivity contribution < 1.29 is 14.3 Å².